The van der Waals surface area contributed by atoms with E-state index in [1.165, 1.54) is 17.7 Å². The maximum Gasteiger partial charge on any atom is 0.0931 e. The summed E-state index contributed by atoms with van der Waals surface area (Å²) in [5.41, 5.74) is 0. The Balaban J connectivity index is 1.82. The summed E-state index contributed by atoms with van der Waals surface area (Å²) < 4.78 is 0.814. The molecule has 0 spiro atoms. The van der Waals surface area contributed by atoms with Crippen molar-refractivity contribution >= 4 is 22.9 Å². The molecule has 1 aliphatic rings. The van der Waals surface area contributed by atoms with Crippen molar-refractivity contribution in [2.75, 3.05) is 0 Å². The average molecular weight is 217 g/mol. The molecule has 0 amide bonds. The van der Waals surface area contributed by atoms with Gasteiger partial charge in [-0.3, -0.25) is 0 Å². The summed E-state index contributed by atoms with van der Waals surface area (Å²) >= 11 is 7.37. The van der Waals surface area contributed by atoms with Gasteiger partial charge in [-0.2, -0.15) is 0 Å². The molecule has 1 unspecified atom stereocenters. The Hall–Kier alpha value is -0.0500. The highest BCUT2D eigenvalue weighted by Crippen LogP contribution is 2.34. The lowest BCUT2D eigenvalue weighted by Gasteiger charge is -2.07. The van der Waals surface area contributed by atoms with Crippen LogP contribution in [0.2, 0.25) is 4.34 Å². The molecule has 2 rings (SSSR count). The van der Waals surface area contributed by atoms with Crippen LogP contribution in [-0.2, 0) is 6.42 Å². The SMILES string of the molecule is OC(Cc1ccc(Cl)s1)CC1CC1. The fourth-order valence-corrected chi connectivity index (χ4v) is 2.67. The Bertz CT molecular complexity index is 280. The zero-order valence-electron chi connectivity index (χ0n) is 7.37. The van der Waals surface area contributed by atoms with E-state index in [1.54, 1.807) is 11.3 Å². The summed E-state index contributed by atoms with van der Waals surface area (Å²) in [4.78, 5) is 1.19. The van der Waals surface area contributed by atoms with Crippen molar-refractivity contribution in [1.82, 2.24) is 0 Å². The fourth-order valence-electron chi connectivity index (χ4n) is 1.52. The standard InChI is InChI=1S/C10H13ClOS/c11-10-4-3-9(13-10)6-8(12)5-7-1-2-7/h3-4,7-8,12H,1-2,5-6H2. The minimum Gasteiger partial charge on any atom is -0.393 e. The first-order valence-electron chi connectivity index (χ1n) is 4.66. The number of hydrogen-bond acceptors (Lipinski definition) is 2. The molecule has 1 saturated carbocycles. The number of aliphatic hydroxyl groups is 1. The summed E-state index contributed by atoms with van der Waals surface area (Å²) in [6.45, 7) is 0. The number of hydrogen-bond donors (Lipinski definition) is 1. The lowest BCUT2D eigenvalue weighted by atomic mass is 10.1. The first kappa shape index (κ1) is 9.50. The van der Waals surface area contributed by atoms with Gasteiger partial charge in [0.05, 0.1) is 10.4 Å². The van der Waals surface area contributed by atoms with Gasteiger partial charge in [0.1, 0.15) is 0 Å². The van der Waals surface area contributed by atoms with Gasteiger partial charge in [-0.25, -0.2) is 0 Å². The average Bonchev–Trinajstić information content (AvgIpc) is 2.76. The van der Waals surface area contributed by atoms with E-state index >= 15 is 0 Å². The van der Waals surface area contributed by atoms with Crippen LogP contribution >= 0.6 is 22.9 Å². The highest BCUT2D eigenvalue weighted by molar-refractivity contribution is 7.16. The number of aliphatic hydroxyl groups excluding tert-OH is 1. The van der Waals surface area contributed by atoms with Crippen LogP contribution in [0, 0.1) is 5.92 Å². The van der Waals surface area contributed by atoms with E-state index in [9.17, 15) is 5.11 Å². The van der Waals surface area contributed by atoms with Gasteiger partial charge in [-0.1, -0.05) is 24.4 Å². The van der Waals surface area contributed by atoms with Crippen LogP contribution in [0.3, 0.4) is 0 Å². The molecule has 72 valence electrons. The first-order valence-corrected chi connectivity index (χ1v) is 5.86. The van der Waals surface area contributed by atoms with Crippen molar-refractivity contribution < 1.29 is 5.11 Å². The van der Waals surface area contributed by atoms with Crippen LogP contribution in [0.25, 0.3) is 0 Å². The topological polar surface area (TPSA) is 20.2 Å². The second kappa shape index (κ2) is 3.99. The summed E-state index contributed by atoms with van der Waals surface area (Å²) in [5.74, 6) is 0.797. The molecular formula is C10H13ClOS. The zero-order chi connectivity index (χ0) is 9.26. The predicted molar refractivity (Wildman–Crippen MR) is 56.4 cm³/mol. The minimum absolute atomic E-state index is 0.165. The summed E-state index contributed by atoms with van der Waals surface area (Å²) in [7, 11) is 0. The Morgan fingerprint density at radius 3 is 2.85 bits per heavy atom. The molecule has 1 heterocycles. The maximum absolute atomic E-state index is 9.69. The Labute approximate surface area is 87.4 Å². The van der Waals surface area contributed by atoms with Gasteiger partial charge in [0.15, 0.2) is 0 Å². The predicted octanol–water partition coefficient (Wildman–Crippen LogP) is 3.11. The third-order valence-electron chi connectivity index (χ3n) is 2.37. The first-order chi connectivity index (χ1) is 6.24. The van der Waals surface area contributed by atoms with Crippen LogP contribution in [0.1, 0.15) is 24.1 Å². The van der Waals surface area contributed by atoms with E-state index in [0.29, 0.717) is 0 Å². The molecule has 0 radical (unpaired) electrons. The molecule has 1 aliphatic carbocycles. The molecule has 0 bridgehead atoms. The molecule has 13 heavy (non-hydrogen) atoms. The third kappa shape index (κ3) is 2.97. The van der Waals surface area contributed by atoms with Crippen LogP contribution < -0.4 is 0 Å². The van der Waals surface area contributed by atoms with Crippen molar-refractivity contribution in [3.8, 4) is 0 Å². The molecule has 3 heteroatoms. The highest BCUT2D eigenvalue weighted by Gasteiger charge is 2.24. The van der Waals surface area contributed by atoms with Gasteiger partial charge in [0, 0.05) is 11.3 Å². The zero-order valence-corrected chi connectivity index (χ0v) is 8.94. The van der Waals surface area contributed by atoms with Gasteiger partial charge in [-0.15, -0.1) is 11.3 Å². The van der Waals surface area contributed by atoms with Gasteiger partial charge in [0.25, 0.3) is 0 Å². The molecule has 1 atom stereocenters. The minimum atomic E-state index is -0.165. The van der Waals surface area contributed by atoms with Crippen LogP contribution in [0.15, 0.2) is 12.1 Å². The number of thiophene rings is 1. The number of rotatable bonds is 4. The third-order valence-corrected chi connectivity index (χ3v) is 3.62. The van der Waals surface area contributed by atoms with Crippen molar-refractivity contribution in [1.29, 1.82) is 0 Å². The van der Waals surface area contributed by atoms with Crippen LogP contribution in [0.5, 0.6) is 0 Å². The van der Waals surface area contributed by atoms with Gasteiger partial charge in [0.2, 0.25) is 0 Å². The molecule has 0 saturated heterocycles. The fraction of sp³-hybridized carbons (Fsp3) is 0.600. The van der Waals surface area contributed by atoms with Crippen LogP contribution in [-0.4, -0.2) is 11.2 Å². The summed E-state index contributed by atoms with van der Waals surface area (Å²) in [6.07, 6.45) is 4.19. The lowest BCUT2D eigenvalue weighted by molar-refractivity contribution is 0.159. The Morgan fingerprint density at radius 1 is 1.54 bits per heavy atom. The van der Waals surface area contributed by atoms with E-state index in [-0.39, 0.29) is 6.10 Å². The molecule has 0 aliphatic heterocycles. The smallest absolute Gasteiger partial charge is 0.0931 e. The highest BCUT2D eigenvalue weighted by atomic mass is 35.5. The maximum atomic E-state index is 9.69. The molecule has 1 aromatic rings. The molecular weight excluding hydrogens is 204 g/mol. The quantitative estimate of drug-likeness (QED) is 0.820. The van der Waals surface area contributed by atoms with E-state index < -0.39 is 0 Å². The summed E-state index contributed by atoms with van der Waals surface area (Å²) in [5, 5.41) is 9.69. The van der Waals surface area contributed by atoms with Crippen molar-refractivity contribution in [2.24, 2.45) is 5.92 Å². The molecule has 1 aromatic heterocycles. The van der Waals surface area contributed by atoms with Crippen molar-refractivity contribution in [3.63, 3.8) is 0 Å². The van der Waals surface area contributed by atoms with Gasteiger partial charge < -0.3 is 5.11 Å². The van der Waals surface area contributed by atoms with Gasteiger partial charge in [-0.05, 0) is 24.5 Å². The van der Waals surface area contributed by atoms with Crippen LogP contribution in [0.4, 0.5) is 0 Å². The van der Waals surface area contributed by atoms with Crippen molar-refractivity contribution in [2.45, 2.75) is 31.8 Å². The Morgan fingerprint density at radius 2 is 2.31 bits per heavy atom. The molecule has 1 N–H and O–H groups in total. The normalized spacial score (nSPS) is 18.9. The van der Waals surface area contributed by atoms with E-state index in [0.717, 1.165) is 23.1 Å². The van der Waals surface area contributed by atoms with E-state index in [1.807, 2.05) is 12.1 Å². The second-order valence-corrected chi connectivity index (χ2v) is 5.54. The number of halogens is 1. The monoisotopic (exact) mass is 216 g/mol. The largest absolute Gasteiger partial charge is 0.393 e. The van der Waals surface area contributed by atoms with Gasteiger partial charge >= 0.3 is 0 Å². The Kier molecular flexibility index (Phi) is 2.92. The van der Waals surface area contributed by atoms with E-state index in [2.05, 4.69) is 0 Å². The molecule has 0 aromatic carbocycles. The van der Waals surface area contributed by atoms with E-state index in [4.69, 9.17) is 11.6 Å². The summed E-state index contributed by atoms with van der Waals surface area (Å²) in [6, 6.07) is 3.90. The second-order valence-electron chi connectivity index (χ2n) is 3.74. The molecule has 1 fully saturated rings. The lowest BCUT2D eigenvalue weighted by Crippen LogP contribution is -2.09. The molecule has 1 nitrogen and oxygen atoms in total. The van der Waals surface area contributed by atoms with Crippen molar-refractivity contribution in [3.05, 3.63) is 21.3 Å².